The molecule has 0 aliphatic carbocycles. The van der Waals surface area contributed by atoms with Crippen LogP contribution in [0.5, 0.6) is 5.75 Å². The minimum atomic E-state index is -4.24. The molecule has 3 N–H and O–H groups in total. The number of anilines is 1. The van der Waals surface area contributed by atoms with Crippen LogP contribution in [0.2, 0.25) is 0 Å². The van der Waals surface area contributed by atoms with Gasteiger partial charge < -0.3 is 28.4 Å². The number of pyridine rings is 2. The molecular weight excluding hydrogens is 672 g/mol. The summed E-state index contributed by atoms with van der Waals surface area (Å²) in [5.41, 5.74) is 2.58. The molecule has 262 valence electrons. The summed E-state index contributed by atoms with van der Waals surface area (Å²) < 4.78 is 40.9. The minimum absolute atomic E-state index is 0.0323. The molecular formula is C32H34N8O9S. The Bertz CT molecular complexity index is 2220. The van der Waals surface area contributed by atoms with Gasteiger partial charge in [-0.15, -0.1) is 0 Å². The highest BCUT2D eigenvalue weighted by Crippen LogP contribution is 2.40. The van der Waals surface area contributed by atoms with Gasteiger partial charge in [0.25, 0.3) is 11.5 Å². The van der Waals surface area contributed by atoms with Crippen molar-refractivity contribution in [3.8, 4) is 17.1 Å². The van der Waals surface area contributed by atoms with Crippen molar-refractivity contribution in [2.45, 2.75) is 38.6 Å². The zero-order valence-electron chi connectivity index (χ0n) is 27.4. The van der Waals surface area contributed by atoms with E-state index < -0.39 is 27.8 Å². The van der Waals surface area contributed by atoms with Crippen LogP contribution in [0.1, 0.15) is 46.0 Å². The van der Waals surface area contributed by atoms with E-state index in [4.69, 9.17) is 19.1 Å². The lowest BCUT2D eigenvalue weighted by atomic mass is 9.86. The highest BCUT2D eigenvalue weighted by Gasteiger charge is 2.45. The zero-order chi connectivity index (χ0) is 35.5. The van der Waals surface area contributed by atoms with E-state index in [1.807, 2.05) is 25.1 Å². The second-order valence-electron chi connectivity index (χ2n) is 12.6. The first kappa shape index (κ1) is 33.5. The number of nitrogens with one attached hydrogen (secondary N) is 1. The molecule has 50 heavy (non-hydrogen) atoms. The molecule has 0 radical (unpaired) electrons. The number of rotatable bonds is 8. The Morgan fingerprint density at radius 1 is 1.12 bits per heavy atom. The van der Waals surface area contributed by atoms with Crippen LogP contribution in [0.4, 0.5) is 5.95 Å². The first-order valence-electron chi connectivity index (χ1n) is 15.8. The number of aliphatic hydroxyl groups is 1. The average molecular weight is 707 g/mol. The second-order valence-corrected chi connectivity index (χ2v) is 14.1. The summed E-state index contributed by atoms with van der Waals surface area (Å²) in [5, 5.41) is 20.6. The largest absolute Gasteiger partial charge is 0.458 e. The maximum atomic E-state index is 13.6. The molecule has 3 aliphatic heterocycles. The van der Waals surface area contributed by atoms with Crippen molar-refractivity contribution in [2.75, 3.05) is 45.2 Å². The third-order valence-electron chi connectivity index (χ3n) is 9.27. The summed E-state index contributed by atoms with van der Waals surface area (Å²) >= 11 is 0. The van der Waals surface area contributed by atoms with Crippen LogP contribution in [0, 0.1) is 0 Å². The number of nitrogens with zero attached hydrogens (tertiary/aromatic N) is 7. The first-order chi connectivity index (χ1) is 23.8. The van der Waals surface area contributed by atoms with Crippen LogP contribution in [0.25, 0.3) is 22.3 Å². The molecule has 4 aromatic rings. The highest BCUT2D eigenvalue weighted by molar-refractivity contribution is 7.84. The van der Waals surface area contributed by atoms with Crippen molar-refractivity contribution in [2.24, 2.45) is 0 Å². The monoisotopic (exact) mass is 706 g/mol. The van der Waals surface area contributed by atoms with E-state index in [2.05, 4.69) is 9.97 Å². The Morgan fingerprint density at radius 3 is 2.50 bits per heavy atom. The molecule has 17 nitrogen and oxygen atoms in total. The fourth-order valence-electron chi connectivity index (χ4n) is 6.59. The lowest BCUT2D eigenvalue weighted by molar-refractivity contribution is -0.172. The minimum Gasteiger partial charge on any atom is -0.458 e. The molecule has 1 saturated heterocycles. The molecule has 1 atom stereocenters. The van der Waals surface area contributed by atoms with Crippen LogP contribution in [0.3, 0.4) is 0 Å². The lowest BCUT2D eigenvalue weighted by Crippen LogP contribution is -2.50. The highest BCUT2D eigenvalue weighted by atomic mass is 32.2. The molecule has 0 unspecified atom stereocenters. The van der Waals surface area contributed by atoms with Gasteiger partial charge in [0.05, 0.1) is 34.6 Å². The van der Waals surface area contributed by atoms with Crippen molar-refractivity contribution >= 4 is 39.0 Å². The topological polar surface area (TPSA) is 210 Å². The van der Waals surface area contributed by atoms with Crippen LogP contribution in [-0.2, 0) is 45.1 Å². The zero-order valence-corrected chi connectivity index (χ0v) is 28.2. The quantitative estimate of drug-likeness (QED) is 0.114. The number of hydroxylamine groups is 1. The van der Waals surface area contributed by atoms with Crippen LogP contribution < -0.4 is 20.1 Å². The Kier molecular flexibility index (Phi) is 8.30. The van der Waals surface area contributed by atoms with Gasteiger partial charge in [0, 0.05) is 67.2 Å². The standard InChI is InChI=1S/C32H34N8O9S/c1-4-32(44)23-12-25-27-18(15-40(25)29(42)22(23)17-48-30(32)43)11-20-21(16-37(2)3)26(6-5-24(20)35-27)49-50(46,47)39-9-7-38(8-10-39)31-33-13-19(14-34-31)28(41)36-45/h5-6,11-14,44-45H,4,7-10,15-17H2,1-3H3,(H,36,41)/t32-/m0/s1. The van der Waals surface area contributed by atoms with Gasteiger partial charge in [-0.2, -0.15) is 12.7 Å². The summed E-state index contributed by atoms with van der Waals surface area (Å²) in [4.78, 5) is 54.6. The lowest BCUT2D eigenvalue weighted by Gasteiger charge is -2.33. The van der Waals surface area contributed by atoms with Gasteiger partial charge in [0.15, 0.2) is 5.60 Å². The Morgan fingerprint density at radius 2 is 1.84 bits per heavy atom. The summed E-state index contributed by atoms with van der Waals surface area (Å²) in [5.74, 6) is -1.09. The van der Waals surface area contributed by atoms with Gasteiger partial charge in [-0.05, 0) is 44.8 Å². The number of esters is 1. The molecule has 1 fully saturated rings. The van der Waals surface area contributed by atoms with E-state index in [0.717, 1.165) is 0 Å². The Hall–Kier alpha value is -5.01. The number of benzene rings is 1. The molecule has 3 aromatic heterocycles. The smallest absolute Gasteiger partial charge is 0.385 e. The Balaban J connectivity index is 1.17. The van der Waals surface area contributed by atoms with E-state index in [1.54, 1.807) is 34.6 Å². The van der Waals surface area contributed by atoms with Gasteiger partial charge in [0.1, 0.15) is 12.4 Å². The summed E-state index contributed by atoms with van der Waals surface area (Å²) in [6, 6.07) is 6.75. The Labute approximate surface area is 285 Å². The van der Waals surface area contributed by atoms with Gasteiger partial charge in [0.2, 0.25) is 5.95 Å². The summed E-state index contributed by atoms with van der Waals surface area (Å²) in [6.07, 6.45) is 2.57. The van der Waals surface area contributed by atoms with Crippen molar-refractivity contribution in [3.05, 3.63) is 74.8 Å². The van der Waals surface area contributed by atoms with E-state index in [0.29, 0.717) is 45.9 Å². The molecule has 18 heteroatoms. The number of carbonyl (C=O) groups is 2. The first-order valence-corrected chi connectivity index (χ1v) is 17.2. The number of carbonyl (C=O) groups excluding carboxylic acids is 2. The van der Waals surface area contributed by atoms with Gasteiger partial charge >= 0.3 is 16.3 Å². The third kappa shape index (κ3) is 5.54. The van der Waals surface area contributed by atoms with Crippen LogP contribution in [0.15, 0.2) is 41.5 Å². The predicted molar refractivity (Wildman–Crippen MR) is 177 cm³/mol. The van der Waals surface area contributed by atoms with E-state index in [1.165, 1.54) is 22.2 Å². The number of piperazine rings is 1. The number of cyclic esters (lactones) is 1. The van der Waals surface area contributed by atoms with Crippen LogP contribution >= 0.6 is 0 Å². The molecule has 0 spiro atoms. The SMILES string of the molecule is CC[C@@]1(O)C(=O)OCc2c1cc1n(c2=O)Cc2cc3c(CN(C)C)c(OS(=O)(=O)N4CCN(c5ncc(C(=O)NO)cn5)CC4)ccc3nc2-1. The van der Waals surface area contributed by atoms with Crippen LogP contribution in [-0.4, -0.2) is 99.6 Å². The number of ether oxygens (including phenoxy) is 1. The molecule has 0 bridgehead atoms. The number of hydrogen-bond acceptors (Lipinski definition) is 14. The second kappa shape index (κ2) is 12.4. The average Bonchev–Trinajstić information content (AvgIpc) is 3.47. The molecule has 0 saturated carbocycles. The van der Waals surface area contributed by atoms with Crippen molar-refractivity contribution < 1.29 is 37.2 Å². The molecule has 7 rings (SSSR count). The normalized spacial score (nSPS) is 18.8. The van der Waals surface area contributed by atoms with E-state index >= 15 is 0 Å². The van der Waals surface area contributed by atoms with E-state index in [9.17, 15) is 27.9 Å². The number of amides is 1. The maximum Gasteiger partial charge on any atom is 0.385 e. The molecule has 1 aromatic carbocycles. The molecule has 1 amide bonds. The van der Waals surface area contributed by atoms with Gasteiger partial charge in [-0.25, -0.2) is 25.2 Å². The van der Waals surface area contributed by atoms with Crippen molar-refractivity contribution in [1.29, 1.82) is 0 Å². The number of hydrogen-bond donors (Lipinski definition) is 3. The fraction of sp³-hybridized carbons (Fsp3) is 0.375. The van der Waals surface area contributed by atoms with E-state index in [-0.39, 0.29) is 73.8 Å². The van der Waals surface area contributed by atoms with Gasteiger partial charge in [-0.1, -0.05) is 6.92 Å². The van der Waals surface area contributed by atoms with Gasteiger partial charge in [-0.3, -0.25) is 14.8 Å². The summed E-state index contributed by atoms with van der Waals surface area (Å²) in [6.45, 7) is 2.65. The van der Waals surface area contributed by atoms with Crippen molar-refractivity contribution in [1.82, 2.24) is 34.2 Å². The fourth-order valence-corrected chi connectivity index (χ4v) is 7.69. The number of aromatic nitrogens is 4. The third-order valence-corrected chi connectivity index (χ3v) is 10.7. The van der Waals surface area contributed by atoms with Crippen molar-refractivity contribution in [3.63, 3.8) is 0 Å². The molecule has 6 heterocycles. The maximum absolute atomic E-state index is 13.6. The predicted octanol–water partition coefficient (Wildman–Crippen LogP) is 0.496. The molecule has 3 aliphatic rings. The number of fused-ring (bicyclic) bond motifs is 5. The summed E-state index contributed by atoms with van der Waals surface area (Å²) in [7, 11) is -0.546.